The zero-order valence-corrected chi connectivity index (χ0v) is 9.71. The van der Waals surface area contributed by atoms with Gasteiger partial charge in [0.15, 0.2) is 0 Å². The fraction of sp³-hybridized carbons (Fsp3) is 0.615. The molecular weight excluding hydrogens is 188 g/mol. The molecule has 0 radical (unpaired) electrons. The summed E-state index contributed by atoms with van der Waals surface area (Å²) in [6, 6.07) is 0. The van der Waals surface area contributed by atoms with Crippen LogP contribution in [0.1, 0.15) is 46.0 Å². The van der Waals surface area contributed by atoms with E-state index >= 15 is 0 Å². The summed E-state index contributed by atoms with van der Waals surface area (Å²) in [5.41, 5.74) is 0. The van der Waals surface area contributed by atoms with Crippen molar-refractivity contribution in [3.05, 3.63) is 12.2 Å². The lowest BCUT2D eigenvalue weighted by molar-refractivity contribution is -0.135. The topological polar surface area (TPSA) is 26.3 Å². The minimum Gasteiger partial charge on any atom is -0.452 e. The Kier molecular flexibility index (Phi) is 9.96. The minimum absolute atomic E-state index is 0.330. The van der Waals surface area contributed by atoms with Crippen LogP contribution in [0, 0.1) is 11.8 Å². The van der Waals surface area contributed by atoms with E-state index in [0.29, 0.717) is 6.61 Å². The first kappa shape index (κ1) is 13.8. The fourth-order valence-electron chi connectivity index (χ4n) is 0.993. The van der Waals surface area contributed by atoms with E-state index in [2.05, 4.69) is 18.8 Å². The third kappa shape index (κ3) is 10.7. The second-order valence-electron chi connectivity index (χ2n) is 3.24. The van der Waals surface area contributed by atoms with Crippen LogP contribution in [-0.2, 0) is 9.53 Å². The van der Waals surface area contributed by atoms with Gasteiger partial charge in [-0.15, -0.1) is 0 Å². The lowest BCUT2D eigenvalue weighted by atomic mass is 10.2. The largest absolute Gasteiger partial charge is 0.452 e. The van der Waals surface area contributed by atoms with Crippen molar-refractivity contribution >= 4 is 5.97 Å². The SMILES string of the molecule is CC/C=C/COC(=O)C#CCCCCC. The van der Waals surface area contributed by atoms with Gasteiger partial charge in [0.05, 0.1) is 0 Å². The van der Waals surface area contributed by atoms with Crippen molar-refractivity contribution in [3.8, 4) is 11.8 Å². The van der Waals surface area contributed by atoms with Gasteiger partial charge in [-0.1, -0.05) is 44.8 Å². The van der Waals surface area contributed by atoms with Gasteiger partial charge in [0.2, 0.25) is 0 Å². The average molecular weight is 208 g/mol. The number of allylic oxidation sites excluding steroid dienone is 1. The van der Waals surface area contributed by atoms with E-state index in [1.807, 2.05) is 19.1 Å². The van der Waals surface area contributed by atoms with Gasteiger partial charge < -0.3 is 4.74 Å². The van der Waals surface area contributed by atoms with Crippen molar-refractivity contribution in [1.29, 1.82) is 0 Å². The highest BCUT2D eigenvalue weighted by molar-refractivity contribution is 5.88. The number of carbonyl (C=O) groups excluding carboxylic acids is 1. The lowest BCUT2D eigenvalue weighted by Gasteiger charge is -1.93. The molecule has 0 aromatic rings. The molecule has 0 unspecified atom stereocenters. The van der Waals surface area contributed by atoms with Gasteiger partial charge in [0.1, 0.15) is 6.61 Å². The summed E-state index contributed by atoms with van der Waals surface area (Å²) < 4.78 is 4.85. The summed E-state index contributed by atoms with van der Waals surface area (Å²) in [6.45, 7) is 4.50. The van der Waals surface area contributed by atoms with E-state index < -0.39 is 5.97 Å². The molecule has 0 N–H and O–H groups in total. The second-order valence-corrected chi connectivity index (χ2v) is 3.24. The fourth-order valence-corrected chi connectivity index (χ4v) is 0.993. The molecule has 0 fully saturated rings. The van der Waals surface area contributed by atoms with Crippen LogP contribution in [0.25, 0.3) is 0 Å². The van der Waals surface area contributed by atoms with Gasteiger partial charge in [-0.3, -0.25) is 0 Å². The molecule has 0 saturated heterocycles. The summed E-state index contributed by atoms with van der Waals surface area (Å²) in [4.78, 5) is 11.0. The molecule has 2 heteroatoms. The Labute approximate surface area is 92.7 Å². The Bertz CT molecular complexity index is 243. The van der Waals surface area contributed by atoms with Gasteiger partial charge in [-0.05, 0) is 12.8 Å². The zero-order valence-electron chi connectivity index (χ0n) is 9.71. The number of esters is 1. The molecule has 0 aromatic heterocycles. The maximum atomic E-state index is 11.0. The highest BCUT2D eigenvalue weighted by Gasteiger charge is 1.92. The summed E-state index contributed by atoms with van der Waals surface area (Å²) in [5.74, 6) is 4.86. The van der Waals surface area contributed by atoms with Crippen molar-refractivity contribution in [2.24, 2.45) is 0 Å². The lowest BCUT2D eigenvalue weighted by Crippen LogP contribution is -2.00. The Hall–Kier alpha value is -1.23. The van der Waals surface area contributed by atoms with E-state index in [4.69, 9.17) is 4.74 Å². The molecular formula is C13H20O2. The zero-order chi connectivity index (χ0) is 11.4. The molecule has 0 amide bonds. The third-order valence-corrected chi connectivity index (χ3v) is 1.81. The number of rotatable bonds is 6. The standard InChI is InChI=1S/C13H20O2/c1-3-5-7-8-9-11-13(14)15-12-10-6-4-2/h6,10H,3-5,7-8,12H2,1-2H3/b10-6+. The van der Waals surface area contributed by atoms with Crippen molar-refractivity contribution in [1.82, 2.24) is 0 Å². The molecule has 0 aliphatic heterocycles. The van der Waals surface area contributed by atoms with E-state index in [1.54, 1.807) is 0 Å². The molecule has 0 aliphatic carbocycles. The van der Waals surface area contributed by atoms with Gasteiger partial charge in [0.25, 0.3) is 0 Å². The molecule has 15 heavy (non-hydrogen) atoms. The van der Waals surface area contributed by atoms with E-state index in [0.717, 1.165) is 19.3 Å². The number of carbonyl (C=O) groups is 1. The molecule has 0 aliphatic rings. The van der Waals surface area contributed by atoms with Crippen LogP contribution < -0.4 is 0 Å². The molecule has 0 atom stereocenters. The summed E-state index contributed by atoms with van der Waals surface area (Å²) in [6.07, 6.45) is 8.94. The Morgan fingerprint density at radius 3 is 2.73 bits per heavy atom. The van der Waals surface area contributed by atoms with Crippen LogP contribution in [0.2, 0.25) is 0 Å². The summed E-state index contributed by atoms with van der Waals surface area (Å²) in [7, 11) is 0. The predicted molar refractivity (Wildman–Crippen MR) is 62.3 cm³/mol. The van der Waals surface area contributed by atoms with Gasteiger partial charge in [-0.2, -0.15) is 0 Å². The highest BCUT2D eigenvalue weighted by atomic mass is 16.5. The van der Waals surface area contributed by atoms with E-state index in [1.165, 1.54) is 12.8 Å². The van der Waals surface area contributed by atoms with Crippen LogP contribution in [0.5, 0.6) is 0 Å². The molecule has 0 heterocycles. The third-order valence-electron chi connectivity index (χ3n) is 1.81. The summed E-state index contributed by atoms with van der Waals surface area (Å²) >= 11 is 0. The van der Waals surface area contributed by atoms with E-state index in [-0.39, 0.29) is 0 Å². The quantitative estimate of drug-likeness (QED) is 0.220. The van der Waals surface area contributed by atoms with Crippen molar-refractivity contribution < 1.29 is 9.53 Å². The second kappa shape index (κ2) is 10.8. The van der Waals surface area contributed by atoms with Crippen molar-refractivity contribution in [2.45, 2.75) is 46.0 Å². The monoisotopic (exact) mass is 208 g/mol. The van der Waals surface area contributed by atoms with Crippen LogP contribution in [0.3, 0.4) is 0 Å². The molecule has 0 saturated carbocycles. The maximum absolute atomic E-state index is 11.0. The molecule has 0 bridgehead atoms. The Balaban J connectivity index is 3.50. The van der Waals surface area contributed by atoms with E-state index in [9.17, 15) is 4.79 Å². The first-order valence-electron chi connectivity index (χ1n) is 5.61. The first-order chi connectivity index (χ1) is 7.31. The van der Waals surface area contributed by atoms with Gasteiger partial charge >= 0.3 is 5.97 Å². The van der Waals surface area contributed by atoms with Crippen LogP contribution in [0.4, 0.5) is 0 Å². The minimum atomic E-state index is -0.424. The van der Waals surface area contributed by atoms with Crippen molar-refractivity contribution in [2.75, 3.05) is 6.61 Å². The molecule has 0 spiro atoms. The number of hydrogen-bond donors (Lipinski definition) is 0. The predicted octanol–water partition coefficient (Wildman–Crippen LogP) is 3.08. The number of ether oxygens (including phenoxy) is 1. The first-order valence-corrected chi connectivity index (χ1v) is 5.61. The van der Waals surface area contributed by atoms with Crippen molar-refractivity contribution in [3.63, 3.8) is 0 Å². The smallest absolute Gasteiger partial charge is 0.384 e. The number of hydrogen-bond acceptors (Lipinski definition) is 2. The molecule has 84 valence electrons. The highest BCUT2D eigenvalue weighted by Crippen LogP contribution is 1.96. The molecule has 0 aromatic carbocycles. The normalized spacial score (nSPS) is 9.73. The Morgan fingerprint density at radius 1 is 1.27 bits per heavy atom. The van der Waals surface area contributed by atoms with Crippen LogP contribution in [0.15, 0.2) is 12.2 Å². The summed E-state index contributed by atoms with van der Waals surface area (Å²) in [5, 5.41) is 0. The maximum Gasteiger partial charge on any atom is 0.384 e. The van der Waals surface area contributed by atoms with Crippen LogP contribution in [-0.4, -0.2) is 12.6 Å². The number of unbranched alkanes of at least 4 members (excludes halogenated alkanes) is 3. The Morgan fingerprint density at radius 2 is 2.07 bits per heavy atom. The van der Waals surface area contributed by atoms with Crippen LogP contribution >= 0.6 is 0 Å². The molecule has 2 nitrogen and oxygen atoms in total. The van der Waals surface area contributed by atoms with Gasteiger partial charge in [0, 0.05) is 12.3 Å². The molecule has 0 rings (SSSR count). The van der Waals surface area contributed by atoms with Gasteiger partial charge in [-0.25, -0.2) is 4.79 Å². The average Bonchev–Trinajstić information content (AvgIpc) is 2.24.